The van der Waals surface area contributed by atoms with Gasteiger partial charge in [-0.1, -0.05) is 0 Å². The van der Waals surface area contributed by atoms with Crippen molar-refractivity contribution in [3.05, 3.63) is 0 Å². The summed E-state index contributed by atoms with van der Waals surface area (Å²) in [5.74, 6) is -4.02. The van der Waals surface area contributed by atoms with Crippen molar-refractivity contribution in [2.75, 3.05) is 6.61 Å². The van der Waals surface area contributed by atoms with Crippen LogP contribution in [0.3, 0.4) is 0 Å². The van der Waals surface area contributed by atoms with Gasteiger partial charge in [-0.25, -0.2) is 9.65 Å². The minimum Gasteiger partial charge on any atom is -0.481 e. The minimum absolute atomic E-state index is 0.532. The molecule has 0 aromatic carbocycles. The number of carboxylic acid groups (broad SMARTS) is 3. The summed E-state index contributed by atoms with van der Waals surface area (Å²) in [6.45, 7) is -0.875. The molecule has 0 fully saturated rings. The van der Waals surface area contributed by atoms with Crippen LogP contribution in [0.25, 0.3) is 0 Å². The Morgan fingerprint density at radius 2 is 1.55 bits per heavy atom. The second kappa shape index (κ2) is 9.36. The van der Waals surface area contributed by atoms with Gasteiger partial charge in [-0.05, 0) is 0 Å². The maximum Gasteiger partial charge on any atom is 0.401 e. The quantitative estimate of drug-likeness (QED) is 0.219. The van der Waals surface area contributed by atoms with Crippen molar-refractivity contribution in [2.45, 2.75) is 18.5 Å². The van der Waals surface area contributed by atoms with Gasteiger partial charge in [0.05, 0.1) is 13.0 Å². The van der Waals surface area contributed by atoms with Crippen LogP contribution in [0.2, 0.25) is 0 Å². The van der Waals surface area contributed by atoms with E-state index in [1.807, 2.05) is 0 Å². The third kappa shape index (κ3) is 12.9. The van der Waals surface area contributed by atoms with Gasteiger partial charge in [0.1, 0.15) is 12.1 Å². The molecular weight excluding hydrogens is 303 g/mol. The van der Waals surface area contributed by atoms with E-state index in [1.54, 1.807) is 0 Å². The lowest BCUT2D eigenvalue weighted by molar-refractivity contribution is -0.144. The average molecular weight is 318 g/mol. The fraction of sp³-hybridized carbons (Fsp3) is 0.571. The molecule has 0 rings (SSSR count). The van der Waals surface area contributed by atoms with Crippen LogP contribution in [0.4, 0.5) is 0 Å². The molecule has 0 aliphatic rings. The van der Waals surface area contributed by atoms with Crippen molar-refractivity contribution in [3.8, 4) is 0 Å². The van der Waals surface area contributed by atoms with Crippen LogP contribution in [0, 0.1) is 0 Å². The van der Waals surface area contributed by atoms with Crippen molar-refractivity contribution < 1.29 is 49.2 Å². The predicted octanol–water partition coefficient (Wildman–Crippen LogP) is -3.01. The van der Waals surface area contributed by atoms with E-state index in [4.69, 9.17) is 35.9 Å². The number of aliphatic carboxylic acids is 3. The molecule has 0 amide bonds. The first-order valence-corrected chi connectivity index (χ1v) is 6.39. The molecule has 118 valence electrons. The molecule has 12 nitrogen and oxygen atoms in total. The molecule has 0 bridgehead atoms. The van der Waals surface area contributed by atoms with Crippen molar-refractivity contribution >= 4 is 25.7 Å². The number of carboxylic acids is 3. The summed E-state index contributed by atoms with van der Waals surface area (Å²) in [4.78, 5) is 46.0. The highest BCUT2D eigenvalue weighted by Gasteiger charge is 2.24. The van der Waals surface area contributed by atoms with E-state index < -0.39 is 50.8 Å². The second-order valence-corrected chi connectivity index (χ2v) is 4.64. The fourth-order valence-corrected chi connectivity index (χ4v) is 1.25. The van der Waals surface area contributed by atoms with Crippen LogP contribution in [0.15, 0.2) is 0 Å². The van der Waals surface area contributed by atoms with Crippen LogP contribution in [-0.2, 0) is 18.9 Å². The van der Waals surface area contributed by atoms with Crippen molar-refractivity contribution in [2.24, 2.45) is 5.73 Å². The van der Waals surface area contributed by atoms with Crippen LogP contribution < -0.4 is 10.8 Å². The molecule has 0 aromatic heterocycles. The molecule has 20 heavy (non-hydrogen) atoms. The van der Waals surface area contributed by atoms with Gasteiger partial charge >= 0.3 is 25.7 Å². The van der Waals surface area contributed by atoms with Gasteiger partial charge in [0, 0.05) is 0 Å². The Morgan fingerprint density at radius 3 is 1.65 bits per heavy atom. The molecule has 0 saturated heterocycles. The number of carbonyl (C=O) groups is 3. The van der Waals surface area contributed by atoms with Crippen LogP contribution >= 0.6 is 7.75 Å². The van der Waals surface area contributed by atoms with Crippen LogP contribution in [0.5, 0.6) is 0 Å². The van der Waals surface area contributed by atoms with Gasteiger partial charge in [0.2, 0.25) is 0 Å². The van der Waals surface area contributed by atoms with Crippen LogP contribution in [0.1, 0.15) is 6.42 Å². The summed E-state index contributed by atoms with van der Waals surface area (Å²) in [7, 11) is -4.58. The largest absolute Gasteiger partial charge is 0.481 e. The molecule has 2 unspecified atom stereocenters. The summed E-state index contributed by atoms with van der Waals surface area (Å²) in [5.41, 5.74) is 4.84. The predicted molar refractivity (Wildman–Crippen MR) is 61.6 cm³/mol. The van der Waals surface area contributed by atoms with E-state index in [1.165, 1.54) is 5.09 Å². The van der Waals surface area contributed by atoms with Gasteiger partial charge in [-0.15, -0.1) is 0 Å². The number of nitrogens with two attached hydrogens (primary N) is 1. The number of hydrogen-bond acceptors (Lipinski definition) is 6. The highest BCUT2D eigenvalue weighted by Crippen LogP contribution is 2.28. The molecule has 0 aliphatic carbocycles. The smallest absolute Gasteiger partial charge is 0.401 e. The highest BCUT2D eigenvalue weighted by molar-refractivity contribution is 7.49. The van der Waals surface area contributed by atoms with Gasteiger partial charge in [-0.2, -0.15) is 0 Å². The van der Waals surface area contributed by atoms with Crippen molar-refractivity contribution in [1.29, 1.82) is 0 Å². The molecule has 9 N–H and O–H groups in total. The van der Waals surface area contributed by atoms with Gasteiger partial charge in [0.25, 0.3) is 0 Å². The Labute approximate surface area is 112 Å². The highest BCUT2D eigenvalue weighted by atomic mass is 31.2. The Kier molecular flexibility index (Phi) is 9.71. The number of rotatable bonds is 7. The number of hydrogen-bond donors (Lipinski definition) is 8. The first-order chi connectivity index (χ1) is 8.90. The number of aliphatic hydroxyl groups excluding tert-OH is 1. The summed E-state index contributed by atoms with van der Waals surface area (Å²) in [6, 6.07) is -2.92. The first-order valence-electron chi connectivity index (χ1n) is 4.78. The van der Waals surface area contributed by atoms with Gasteiger partial charge in [-0.3, -0.25) is 14.4 Å². The molecule has 13 heteroatoms. The average Bonchev–Trinajstić information content (AvgIpc) is 2.24. The zero-order valence-electron chi connectivity index (χ0n) is 9.91. The summed E-state index contributed by atoms with van der Waals surface area (Å²) < 4.78 is 10.1. The Bertz CT molecular complexity index is 393. The molecule has 0 saturated carbocycles. The summed E-state index contributed by atoms with van der Waals surface area (Å²) in [5, 5.41) is 33.9. The standard InChI is InChI=1S/C4H7NO4.C3H8NO6P/c5-2(4(8)9)1-3(6)7;5-1-2(3(6)7)4-11(8,9)10/h2H,1,5H2,(H,6,7)(H,8,9);2,5H,1H2,(H,6,7)(H3,4,8,9,10). The van der Waals surface area contributed by atoms with Gasteiger partial charge in [0.15, 0.2) is 0 Å². The lowest BCUT2D eigenvalue weighted by Gasteiger charge is -2.11. The second-order valence-electron chi connectivity index (χ2n) is 3.29. The van der Waals surface area contributed by atoms with E-state index >= 15 is 0 Å². The van der Waals surface area contributed by atoms with E-state index in [0.29, 0.717) is 0 Å². The van der Waals surface area contributed by atoms with Crippen LogP contribution in [-0.4, -0.2) is 66.8 Å². The Hall–Kier alpha value is -1.56. The number of nitrogens with one attached hydrogen (secondary N) is 1. The molecule has 0 aliphatic heterocycles. The molecule has 0 spiro atoms. The molecular formula is C7H15N2O10P. The topological polar surface area (TPSA) is 228 Å². The monoisotopic (exact) mass is 318 g/mol. The lowest BCUT2D eigenvalue weighted by Crippen LogP contribution is -2.37. The third-order valence-electron chi connectivity index (χ3n) is 1.52. The van der Waals surface area contributed by atoms with E-state index in [2.05, 4.69) is 0 Å². The zero-order valence-corrected chi connectivity index (χ0v) is 10.8. The first kappa shape index (κ1) is 20.8. The molecule has 0 heterocycles. The maximum absolute atomic E-state index is 10.1. The lowest BCUT2D eigenvalue weighted by atomic mass is 10.2. The molecule has 0 aromatic rings. The minimum atomic E-state index is -4.58. The molecule has 2 atom stereocenters. The Morgan fingerprint density at radius 1 is 1.10 bits per heavy atom. The molecule has 0 radical (unpaired) electrons. The van der Waals surface area contributed by atoms with Crippen molar-refractivity contribution in [3.63, 3.8) is 0 Å². The summed E-state index contributed by atoms with van der Waals surface area (Å²) >= 11 is 0. The number of aliphatic hydroxyl groups is 1. The third-order valence-corrected chi connectivity index (χ3v) is 2.16. The fourth-order valence-electron chi connectivity index (χ4n) is 0.653. The van der Waals surface area contributed by atoms with Crippen molar-refractivity contribution in [1.82, 2.24) is 5.09 Å². The SMILES string of the molecule is NC(CC(=O)O)C(=O)O.O=C(O)C(CO)NP(=O)(O)O. The Balaban J connectivity index is 0. The van der Waals surface area contributed by atoms with E-state index in [0.717, 1.165) is 0 Å². The normalized spacial score (nSPS) is 13.6. The van der Waals surface area contributed by atoms with E-state index in [-0.39, 0.29) is 0 Å². The summed E-state index contributed by atoms with van der Waals surface area (Å²) in [6.07, 6.45) is -0.532. The van der Waals surface area contributed by atoms with E-state index in [9.17, 15) is 18.9 Å². The maximum atomic E-state index is 10.1. The van der Waals surface area contributed by atoms with Gasteiger partial charge < -0.3 is 35.9 Å². The zero-order chi connectivity index (χ0) is 16.5.